The molecule has 8 heteroatoms. The first-order valence-corrected chi connectivity index (χ1v) is 11.7. The highest BCUT2D eigenvalue weighted by molar-refractivity contribution is 5.88. The number of ether oxygens (including phenoxy) is 2. The zero-order chi connectivity index (χ0) is 24.4. The summed E-state index contributed by atoms with van der Waals surface area (Å²) in [6.45, 7) is 0.519. The van der Waals surface area contributed by atoms with E-state index >= 15 is 0 Å². The summed E-state index contributed by atoms with van der Waals surface area (Å²) in [6, 6.07) is 15.8. The summed E-state index contributed by atoms with van der Waals surface area (Å²) in [7, 11) is 1.63. The van der Waals surface area contributed by atoms with Gasteiger partial charge in [0.15, 0.2) is 0 Å². The highest BCUT2D eigenvalue weighted by Crippen LogP contribution is 2.38. The van der Waals surface area contributed by atoms with Crippen LogP contribution in [0.2, 0.25) is 0 Å². The Kier molecular flexibility index (Phi) is 6.37. The Hall–Kier alpha value is -3.91. The number of fused-ring (bicyclic) bond motifs is 1. The third kappa shape index (κ3) is 4.44. The van der Waals surface area contributed by atoms with Crippen LogP contribution in [-0.4, -0.2) is 33.0 Å². The maximum absolute atomic E-state index is 11.3. The molecule has 4 aromatic rings. The molecule has 5 rings (SSSR count). The smallest absolute Gasteiger partial charge is 0.307 e. The van der Waals surface area contributed by atoms with Gasteiger partial charge < -0.3 is 20.3 Å². The highest BCUT2D eigenvalue weighted by atomic mass is 16.5. The summed E-state index contributed by atoms with van der Waals surface area (Å²) in [6.07, 6.45) is 5.07. The van der Waals surface area contributed by atoms with Crippen molar-refractivity contribution in [3.05, 3.63) is 71.7 Å². The number of hydrogen-bond acceptors (Lipinski definition) is 6. The molecule has 1 fully saturated rings. The molecule has 0 atom stereocenters. The van der Waals surface area contributed by atoms with Crippen LogP contribution in [0.3, 0.4) is 0 Å². The van der Waals surface area contributed by atoms with Crippen LogP contribution in [0.15, 0.2) is 54.7 Å². The summed E-state index contributed by atoms with van der Waals surface area (Å²) < 4.78 is 13.9. The van der Waals surface area contributed by atoms with Crippen molar-refractivity contribution in [3.63, 3.8) is 0 Å². The molecule has 0 aliphatic heterocycles. The zero-order valence-corrected chi connectivity index (χ0v) is 19.6. The third-order valence-corrected chi connectivity index (χ3v) is 6.57. The van der Waals surface area contributed by atoms with Crippen LogP contribution in [0.1, 0.15) is 42.3 Å². The number of aliphatic carboxylic acids is 1. The van der Waals surface area contributed by atoms with Crippen molar-refractivity contribution >= 4 is 16.9 Å². The number of pyridine rings is 1. The van der Waals surface area contributed by atoms with Gasteiger partial charge in [0.2, 0.25) is 0 Å². The standard InChI is InChI=1S/C27H28N4O4/c1-34-27-20(11-12-29-22(27)15-28)17-9-10-24-21(13-17)23(30-31(24)19-6-4-7-19)16-35-25-8-3-2-5-18(25)14-26(32)33/h2-3,5,8-13,19H,4,6-7,14-16,28H2,1H3,(H,32,33). The van der Waals surface area contributed by atoms with Crippen molar-refractivity contribution in [1.29, 1.82) is 0 Å². The molecule has 2 aromatic carbocycles. The van der Waals surface area contributed by atoms with Crippen LogP contribution >= 0.6 is 0 Å². The van der Waals surface area contributed by atoms with Gasteiger partial charge in [-0.2, -0.15) is 5.10 Å². The lowest BCUT2D eigenvalue weighted by Gasteiger charge is -2.26. The minimum absolute atomic E-state index is 0.0943. The van der Waals surface area contributed by atoms with E-state index in [9.17, 15) is 9.90 Å². The molecule has 35 heavy (non-hydrogen) atoms. The molecule has 0 bridgehead atoms. The van der Waals surface area contributed by atoms with E-state index < -0.39 is 5.97 Å². The number of benzene rings is 2. The van der Waals surface area contributed by atoms with Gasteiger partial charge in [-0.15, -0.1) is 0 Å². The van der Waals surface area contributed by atoms with Crippen LogP contribution in [0, 0.1) is 0 Å². The minimum Gasteiger partial charge on any atom is -0.494 e. The SMILES string of the molecule is COc1c(-c2ccc3c(c2)c(COc2ccccc2CC(=O)O)nn3C2CCC2)ccnc1CN. The Morgan fingerprint density at radius 3 is 2.71 bits per heavy atom. The Labute approximate surface area is 203 Å². The van der Waals surface area contributed by atoms with Crippen molar-refractivity contribution < 1.29 is 19.4 Å². The second kappa shape index (κ2) is 9.76. The Morgan fingerprint density at radius 2 is 2.00 bits per heavy atom. The molecular weight excluding hydrogens is 444 g/mol. The molecule has 3 N–H and O–H groups in total. The maximum Gasteiger partial charge on any atom is 0.307 e. The number of carboxylic acids is 1. The average Bonchev–Trinajstić information content (AvgIpc) is 3.18. The fourth-order valence-electron chi connectivity index (χ4n) is 4.58. The molecule has 0 saturated heterocycles. The lowest BCUT2D eigenvalue weighted by molar-refractivity contribution is -0.136. The quantitative estimate of drug-likeness (QED) is 0.369. The molecule has 0 amide bonds. The van der Waals surface area contributed by atoms with E-state index in [1.807, 2.05) is 18.2 Å². The first-order chi connectivity index (χ1) is 17.1. The summed E-state index contributed by atoms with van der Waals surface area (Å²) in [4.78, 5) is 15.6. The third-order valence-electron chi connectivity index (χ3n) is 6.57. The van der Waals surface area contributed by atoms with E-state index in [2.05, 4.69) is 27.9 Å². The van der Waals surface area contributed by atoms with Crippen molar-refractivity contribution in [2.75, 3.05) is 7.11 Å². The van der Waals surface area contributed by atoms with E-state index in [-0.39, 0.29) is 19.6 Å². The van der Waals surface area contributed by atoms with Gasteiger partial charge in [-0.1, -0.05) is 24.3 Å². The fraction of sp³-hybridized carbons (Fsp3) is 0.296. The van der Waals surface area contributed by atoms with Crippen LogP contribution in [0.5, 0.6) is 11.5 Å². The molecule has 180 valence electrons. The van der Waals surface area contributed by atoms with Gasteiger partial charge in [0.05, 0.1) is 30.8 Å². The van der Waals surface area contributed by atoms with E-state index in [4.69, 9.17) is 20.3 Å². The lowest BCUT2D eigenvalue weighted by Crippen LogP contribution is -2.18. The van der Waals surface area contributed by atoms with Crippen molar-refractivity contribution in [2.45, 2.75) is 44.9 Å². The van der Waals surface area contributed by atoms with Crippen LogP contribution < -0.4 is 15.2 Å². The van der Waals surface area contributed by atoms with Crippen molar-refractivity contribution in [3.8, 4) is 22.6 Å². The van der Waals surface area contributed by atoms with Gasteiger partial charge in [0, 0.05) is 29.3 Å². The number of aromatic nitrogens is 3. The number of hydrogen-bond donors (Lipinski definition) is 2. The number of carboxylic acid groups (broad SMARTS) is 1. The van der Waals surface area contributed by atoms with Crippen LogP contribution in [0.25, 0.3) is 22.0 Å². The number of rotatable bonds is 9. The maximum atomic E-state index is 11.3. The predicted octanol–water partition coefficient (Wildman–Crippen LogP) is 4.50. The number of para-hydroxylation sites is 1. The van der Waals surface area contributed by atoms with E-state index in [0.29, 0.717) is 28.8 Å². The lowest BCUT2D eigenvalue weighted by atomic mass is 9.93. The number of carbonyl (C=O) groups is 1. The topological polar surface area (TPSA) is 112 Å². The zero-order valence-electron chi connectivity index (χ0n) is 19.6. The molecule has 1 aliphatic carbocycles. The van der Waals surface area contributed by atoms with Crippen molar-refractivity contribution in [1.82, 2.24) is 14.8 Å². The first-order valence-electron chi connectivity index (χ1n) is 11.7. The predicted molar refractivity (Wildman–Crippen MR) is 132 cm³/mol. The Bertz CT molecular complexity index is 1380. The highest BCUT2D eigenvalue weighted by Gasteiger charge is 2.24. The molecule has 2 aromatic heterocycles. The van der Waals surface area contributed by atoms with Gasteiger partial charge in [-0.05, 0) is 49.1 Å². The van der Waals surface area contributed by atoms with Gasteiger partial charge in [-0.25, -0.2) is 0 Å². The summed E-state index contributed by atoms with van der Waals surface area (Å²) >= 11 is 0. The second-order valence-corrected chi connectivity index (χ2v) is 8.72. The van der Waals surface area contributed by atoms with Gasteiger partial charge in [0.25, 0.3) is 0 Å². The molecule has 1 aliphatic rings. The molecule has 0 unspecified atom stereocenters. The summed E-state index contributed by atoms with van der Waals surface area (Å²) in [5.74, 6) is 0.329. The molecular formula is C27H28N4O4. The number of nitrogens with zero attached hydrogens (tertiary/aromatic N) is 3. The van der Waals surface area contributed by atoms with Crippen LogP contribution in [-0.2, 0) is 24.4 Å². The fourth-order valence-corrected chi connectivity index (χ4v) is 4.58. The molecule has 8 nitrogen and oxygen atoms in total. The molecule has 0 radical (unpaired) electrons. The molecule has 2 heterocycles. The second-order valence-electron chi connectivity index (χ2n) is 8.72. The van der Waals surface area contributed by atoms with E-state index in [0.717, 1.165) is 40.6 Å². The van der Waals surface area contributed by atoms with Gasteiger partial charge >= 0.3 is 5.97 Å². The van der Waals surface area contributed by atoms with Gasteiger partial charge in [0.1, 0.15) is 23.8 Å². The van der Waals surface area contributed by atoms with Gasteiger partial charge in [-0.3, -0.25) is 14.5 Å². The number of methoxy groups -OCH3 is 1. The van der Waals surface area contributed by atoms with E-state index in [1.54, 1.807) is 25.4 Å². The Morgan fingerprint density at radius 1 is 1.17 bits per heavy atom. The molecule has 0 spiro atoms. The monoisotopic (exact) mass is 472 g/mol. The first kappa shape index (κ1) is 22.9. The normalized spacial score (nSPS) is 13.5. The Balaban J connectivity index is 1.55. The summed E-state index contributed by atoms with van der Waals surface area (Å²) in [5.41, 5.74) is 11.0. The molecule has 1 saturated carbocycles. The summed E-state index contributed by atoms with van der Waals surface area (Å²) in [5, 5.41) is 15.2. The largest absolute Gasteiger partial charge is 0.494 e. The average molecular weight is 473 g/mol. The number of nitrogens with two attached hydrogens (primary N) is 1. The van der Waals surface area contributed by atoms with E-state index in [1.165, 1.54) is 6.42 Å². The van der Waals surface area contributed by atoms with Crippen molar-refractivity contribution in [2.24, 2.45) is 5.73 Å². The minimum atomic E-state index is -0.895. The van der Waals surface area contributed by atoms with Crippen LogP contribution in [0.4, 0.5) is 0 Å².